The smallest absolute Gasteiger partial charge is 0.181 e. The summed E-state index contributed by atoms with van der Waals surface area (Å²) in [5.74, 6) is -0.377. The lowest BCUT2D eigenvalue weighted by atomic mass is 10.1. The standard InChI is InChI=1S/C12H12FNO/c1-7(2)12(15)11-6-8-9(13)4-3-5-10(8)14-11/h3-7,14H,1-2H3. The zero-order valence-electron chi connectivity index (χ0n) is 8.67. The third kappa shape index (κ3) is 1.65. The SMILES string of the molecule is CC(C)C(=O)c1cc2c(F)cccc2[nH]1. The molecule has 0 aliphatic rings. The Balaban J connectivity index is 2.57. The molecule has 2 rings (SSSR count). The van der Waals surface area contributed by atoms with E-state index >= 15 is 0 Å². The number of carbonyl (C=O) groups is 1. The molecule has 0 atom stereocenters. The highest BCUT2D eigenvalue weighted by Crippen LogP contribution is 2.20. The summed E-state index contributed by atoms with van der Waals surface area (Å²) in [5, 5.41) is 0.474. The van der Waals surface area contributed by atoms with Crippen molar-refractivity contribution < 1.29 is 9.18 Å². The lowest BCUT2D eigenvalue weighted by Gasteiger charge is -1.99. The molecule has 3 heteroatoms. The van der Waals surface area contributed by atoms with Crippen molar-refractivity contribution in [2.24, 2.45) is 5.92 Å². The highest BCUT2D eigenvalue weighted by Gasteiger charge is 2.14. The van der Waals surface area contributed by atoms with Crippen LogP contribution in [-0.4, -0.2) is 10.8 Å². The molecule has 0 spiro atoms. The molecule has 1 heterocycles. The van der Waals surface area contributed by atoms with Crippen LogP contribution in [0.15, 0.2) is 24.3 Å². The molecule has 0 bridgehead atoms. The number of aromatic nitrogens is 1. The third-order valence-corrected chi connectivity index (χ3v) is 2.40. The van der Waals surface area contributed by atoms with Crippen molar-refractivity contribution in [2.45, 2.75) is 13.8 Å². The summed E-state index contributed by atoms with van der Waals surface area (Å²) in [6.45, 7) is 3.65. The molecule has 15 heavy (non-hydrogen) atoms. The molecule has 2 aromatic rings. The average molecular weight is 205 g/mol. The fraction of sp³-hybridized carbons (Fsp3) is 0.250. The molecular weight excluding hydrogens is 193 g/mol. The normalized spacial score (nSPS) is 11.2. The first kappa shape index (κ1) is 9.90. The first-order valence-corrected chi connectivity index (χ1v) is 4.91. The maximum atomic E-state index is 13.3. The molecule has 0 aliphatic carbocycles. The summed E-state index contributed by atoms with van der Waals surface area (Å²) in [5.41, 5.74) is 1.14. The van der Waals surface area contributed by atoms with Crippen molar-refractivity contribution in [3.05, 3.63) is 35.8 Å². The first-order valence-electron chi connectivity index (χ1n) is 4.91. The number of aromatic amines is 1. The number of hydrogen-bond donors (Lipinski definition) is 1. The highest BCUT2D eigenvalue weighted by atomic mass is 19.1. The Kier molecular flexibility index (Phi) is 2.31. The monoisotopic (exact) mass is 205 g/mol. The molecule has 1 aromatic heterocycles. The van der Waals surface area contributed by atoms with Crippen molar-refractivity contribution in [3.8, 4) is 0 Å². The van der Waals surface area contributed by atoms with E-state index in [1.807, 2.05) is 13.8 Å². The zero-order valence-corrected chi connectivity index (χ0v) is 8.67. The Bertz CT molecular complexity index is 513. The quantitative estimate of drug-likeness (QED) is 0.750. The molecular formula is C12H12FNO. The molecule has 1 aromatic carbocycles. The van der Waals surface area contributed by atoms with Crippen molar-refractivity contribution in [1.29, 1.82) is 0 Å². The Morgan fingerprint density at radius 2 is 2.13 bits per heavy atom. The third-order valence-electron chi connectivity index (χ3n) is 2.40. The number of rotatable bonds is 2. The molecule has 0 unspecified atom stereocenters. The first-order chi connectivity index (χ1) is 7.09. The predicted octanol–water partition coefficient (Wildman–Crippen LogP) is 3.15. The number of halogens is 1. The van der Waals surface area contributed by atoms with Gasteiger partial charge in [-0.25, -0.2) is 4.39 Å². The van der Waals surface area contributed by atoms with Crippen LogP contribution in [0.25, 0.3) is 10.9 Å². The minimum Gasteiger partial charge on any atom is -0.352 e. The van der Waals surface area contributed by atoms with Crippen LogP contribution in [0.1, 0.15) is 24.3 Å². The van der Waals surface area contributed by atoms with Crippen LogP contribution < -0.4 is 0 Å². The Morgan fingerprint density at radius 1 is 1.40 bits per heavy atom. The minimum atomic E-state index is -0.299. The second-order valence-corrected chi connectivity index (χ2v) is 3.90. The van der Waals surface area contributed by atoms with Crippen LogP contribution in [0.3, 0.4) is 0 Å². The number of ketones is 1. The second-order valence-electron chi connectivity index (χ2n) is 3.90. The Morgan fingerprint density at radius 3 is 2.73 bits per heavy atom. The number of carbonyl (C=O) groups excluding carboxylic acids is 1. The number of fused-ring (bicyclic) bond motifs is 1. The highest BCUT2D eigenvalue weighted by molar-refractivity contribution is 6.00. The molecule has 0 saturated heterocycles. The van der Waals surface area contributed by atoms with Gasteiger partial charge in [-0.05, 0) is 18.2 Å². The van der Waals surface area contributed by atoms with Crippen LogP contribution in [0.2, 0.25) is 0 Å². The summed E-state index contributed by atoms with van der Waals surface area (Å²) in [6, 6.07) is 6.35. The van der Waals surface area contributed by atoms with E-state index in [-0.39, 0.29) is 17.5 Å². The van der Waals surface area contributed by atoms with Crippen LogP contribution in [-0.2, 0) is 0 Å². The van der Waals surface area contributed by atoms with E-state index in [9.17, 15) is 9.18 Å². The maximum Gasteiger partial charge on any atom is 0.181 e. The van der Waals surface area contributed by atoms with E-state index in [4.69, 9.17) is 0 Å². The summed E-state index contributed by atoms with van der Waals surface area (Å²) >= 11 is 0. The number of nitrogens with one attached hydrogen (secondary N) is 1. The van der Waals surface area contributed by atoms with Gasteiger partial charge in [0.25, 0.3) is 0 Å². The second kappa shape index (κ2) is 3.50. The van der Waals surface area contributed by atoms with Gasteiger partial charge in [-0.3, -0.25) is 4.79 Å². The zero-order chi connectivity index (χ0) is 11.0. The number of hydrogen-bond acceptors (Lipinski definition) is 1. The van der Waals surface area contributed by atoms with Gasteiger partial charge in [0.1, 0.15) is 5.82 Å². The van der Waals surface area contributed by atoms with Crippen LogP contribution in [0.5, 0.6) is 0 Å². The van der Waals surface area contributed by atoms with E-state index in [0.29, 0.717) is 16.6 Å². The van der Waals surface area contributed by atoms with Gasteiger partial charge in [0.15, 0.2) is 5.78 Å². The molecule has 0 fully saturated rings. The summed E-state index contributed by atoms with van der Waals surface area (Å²) in [6.07, 6.45) is 0. The number of H-pyrrole nitrogens is 1. The Labute approximate surface area is 87.1 Å². The van der Waals surface area contributed by atoms with Gasteiger partial charge >= 0.3 is 0 Å². The van der Waals surface area contributed by atoms with Crippen LogP contribution in [0, 0.1) is 11.7 Å². The van der Waals surface area contributed by atoms with E-state index < -0.39 is 0 Å². The van der Waals surface area contributed by atoms with Gasteiger partial charge in [-0.2, -0.15) is 0 Å². The molecule has 0 aliphatic heterocycles. The minimum absolute atomic E-state index is 0.00519. The topological polar surface area (TPSA) is 32.9 Å². The van der Waals surface area contributed by atoms with Crippen LogP contribution in [0.4, 0.5) is 4.39 Å². The fourth-order valence-corrected chi connectivity index (χ4v) is 1.56. The maximum absolute atomic E-state index is 13.3. The molecule has 78 valence electrons. The van der Waals surface area contributed by atoms with E-state index in [1.165, 1.54) is 6.07 Å². The number of Topliss-reactive ketones (excluding diaryl/α,β-unsaturated/α-hetero) is 1. The van der Waals surface area contributed by atoms with Crippen molar-refractivity contribution in [2.75, 3.05) is 0 Å². The van der Waals surface area contributed by atoms with Gasteiger partial charge in [0.2, 0.25) is 0 Å². The molecule has 1 N–H and O–H groups in total. The predicted molar refractivity (Wildman–Crippen MR) is 57.4 cm³/mol. The van der Waals surface area contributed by atoms with Crippen LogP contribution >= 0.6 is 0 Å². The summed E-state index contributed by atoms with van der Waals surface area (Å²) in [4.78, 5) is 14.6. The van der Waals surface area contributed by atoms with Gasteiger partial charge in [0, 0.05) is 16.8 Å². The fourth-order valence-electron chi connectivity index (χ4n) is 1.56. The summed E-state index contributed by atoms with van der Waals surface area (Å²) in [7, 11) is 0. The van der Waals surface area contributed by atoms with Crippen molar-refractivity contribution >= 4 is 16.7 Å². The summed E-state index contributed by atoms with van der Waals surface area (Å²) < 4.78 is 13.3. The Hall–Kier alpha value is -1.64. The molecule has 2 nitrogen and oxygen atoms in total. The van der Waals surface area contributed by atoms with E-state index in [0.717, 1.165) is 0 Å². The van der Waals surface area contributed by atoms with Gasteiger partial charge < -0.3 is 4.98 Å². The van der Waals surface area contributed by atoms with Crippen molar-refractivity contribution in [3.63, 3.8) is 0 Å². The number of benzene rings is 1. The van der Waals surface area contributed by atoms with Gasteiger partial charge in [0.05, 0.1) is 5.69 Å². The molecule has 0 saturated carbocycles. The van der Waals surface area contributed by atoms with E-state index in [2.05, 4.69) is 4.98 Å². The molecule has 0 amide bonds. The van der Waals surface area contributed by atoms with Crippen molar-refractivity contribution in [1.82, 2.24) is 4.98 Å². The van der Waals surface area contributed by atoms with Gasteiger partial charge in [-0.1, -0.05) is 19.9 Å². The lowest BCUT2D eigenvalue weighted by molar-refractivity contribution is 0.0935. The largest absolute Gasteiger partial charge is 0.352 e. The lowest BCUT2D eigenvalue weighted by Crippen LogP contribution is -2.07. The van der Waals surface area contributed by atoms with E-state index in [1.54, 1.807) is 18.2 Å². The van der Waals surface area contributed by atoms with Gasteiger partial charge in [-0.15, -0.1) is 0 Å². The molecule has 0 radical (unpaired) electrons. The average Bonchev–Trinajstić information content (AvgIpc) is 2.61.